The molecule has 170 valence electrons. The van der Waals surface area contributed by atoms with Crippen molar-refractivity contribution >= 4 is 17.7 Å². The molecule has 0 N–H and O–H groups in total. The molecule has 0 aromatic heterocycles. The lowest BCUT2D eigenvalue weighted by Gasteiger charge is -2.39. The Morgan fingerprint density at radius 2 is 1.27 bits per heavy atom. The van der Waals surface area contributed by atoms with Crippen LogP contribution in [0.4, 0.5) is 0 Å². The molecule has 3 aliphatic rings. The first-order valence-corrected chi connectivity index (χ1v) is 11.8. The molecule has 30 heavy (non-hydrogen) atoms. The number of likely N-dealkylation sites (tertiary alicyclic amines) is 2. The van der Waals surface area contributed by atoms with Crippen LogP contribution in [0.15, 0.2) is 0 Å². The summed E-state index contributed by atoms with van der Waals surface area (Å²) >= 11 is 0. The molecule has 7 heteroatoms. The highest BCUT2D eigenvalue weighted by atomic mass is 16.2. The van der Waals surface area contributed by atoms with Crippen molar-refractivity contribution in [2.45, 2.75) is 59.3 Å². The van der Waals surface area contributed by atoms with E-state index in [-0.39, 0.29) is 29.1 Å². The van der Waals surface area contributed by atoms with Gasteiger partial charge in [0.05, 0.1) is 6.54 Å². The van der Waals surface area contributed by atoms with Gasteiger partial charge in [0, 0.05) is 63.7 Å². The number of hydrogen-bond acceptors (Lipinski definition) is 4. The number of hydrogen-bond donors (Lipinski definition) is 0. The minimum atomic E-state index is -0.363. The van der Waals surface area contributed by atoms with E-state index in [2.05, 4.69) is 4.90 Å². The second-order valence-corrected chi connectivity index (χ2v) is 10.2. The topological polar surface area (TPSA) is 64.2 Å². The van der Waals surface area contributed by atoms with Gasteiger partial charge in [0.15, 0.2) is 0 Å². The highest BCUT2D eigenvalue weighted by Crippen LogP contribution is 2.25. The van der Waals surface area contributed by atoms with E-state index in [4.69, 9.17) is 0 Å². The van der Waals surface area contributed by atoms with Crippen LogP contribution in [-0.4, -0.2) is 96.2 Å². The molecule has 3 amide bonds. The molecule has 0 atom stereocenters. The number of carbonyl (C=O) groups excluding carboxylic acids is 3. The van der Waals surface area contributed by atoms with E-state index in [1.54, 1.807) is 0 Å². The van der Waals surface area contributed by atoms with Crippen LogP contribution in [0, 0.1) is 11.3 Å². The van der Waals surface area contributed by atoms with Gasteiger partial charge >= 0.3 is 0 Å². The van der Waals surface area contributed by atoms with E-state index in [9.17, 15) is 14.4 Å². The molecule has 3 saturated heterocycles. The van der Waals surface area contributed by atoms with E-state index < -0.39 is 0 Å². The predicted molar refractivity (Wildman–Crippen MR) is 117 cm³/mol. The molecule has 0 aromatic rings. The summed E-state index contributed by atoms with van der Waals surface area (Å²) in [4.78, 5) is 46.1. The standard InChI is InChI=1S/C23H40N4O3/c1-23(2,3)22(30)27-12-8-19(9-13-27)21(29)26-16-14-24(15-17-26)18-20(28)25-10-6-4-5-7-11-25/h19H,4-18H2,1-3H3. The molecule has 0 radical (unpaired) electrons. The van der Waals surface area contributed by atoms with Gasteiger partial charge < -0.3 is 14.7 Å². The molecule has 3 fully saturated rings. The van der Waals surface area contributed by atoms with Crippen molar-refractivity contribution in [3.63, 3.8) is 0 Å². The average Bonchev–Trinajstić information content (AvgIpc) is 3.02. The Bertz CT molecular complexity index is 606. The van der Waals surface area contributed by atoms with Crippen LogP contribution in [-0.2, 0) is 14.4 Å². The SMILES string of the molecule is CC(C)(C)C(=O)N1CCC(C(=O)N2CCN(CC(=O)N3CCCCCC3)CC2)CC1. The van der Waals surface area contributed by atoms with Crippen molar-refractivity contribution in [2.75, 3.05) is 58.9 Å². The molecule has 3 aliphatic heterocycles. The fraction of sp³-hybridized carbons (Fsp3) is 0.870. The Hall–Kier alpha value is -1.63. The van der Waals surface area contributed by atoms with Gasteiger partial charge in [-0.25, -0.2) is 0 Å². The summed E-state index contributed by atoms with van der Waals surface area (Å²) < 4.78 is 0. The molecule has 0 spiro atoms. The minimum Gasteiger partial charge on any atom is -0.342 e. The number of nitrogens with zero attached hydrogens (tertiary/aromatic N) is 4. The molecule has 0 bridgehead atoms. The summed E-state index contributed by atoms with van der Waals surface area (Å²) in [5.74, 6) is 0.680. The van der Waals surface area contributed by atoms with Crippen molar-refractivity contribution in [3.05, 3.63) is 0 Å². The quantitative estimate of drug-likeness (QED) is 0.699. The van der Waals surface area contributed by atoms with Gasteiger partial charge in [-0.15, -0.1) is 0 Å². The Kier molecular flexibility index (Phi) is 7.77. The number of rotatable bonds is 3. The zero-order valence-corrected chi connectivity index (χ0v) is 19.2. The first-order chi connectivity index (χ1) is 14.3. The summed E-state index contributed by atoms with van der Waals surface area (Å²) in [5, 5.41) is 0. The van der Waals surface area contributed by atoms with E-state index >= 15 is 0 Å². The van der Waals surface area contributed by atoms with Crippen LogP contribution in [0.25, 0.3) is 0 Å². The molecule has 3 heterocycles. The van der Waals surface area contributed by atoms with Gasteiger partial charge in [-0.05, 0) is 25.7 Å². The van der Waals surface area contributed by atoms with E-state index in [0.717, 1.165) is 51.9 Å². The van der Waals surface area contributed by atoms with Crippen LogP contribution in [0.2, 0.25) is 0 Å². The highest BCUT2D eigenvalue weighted by molar-refractivity contribution is 5.83. The van der Waals surface area contributed by atoms with Gasteiger partial charge in [-0.3, -0.25) is 19.3 Å². The maximum atomic E-state index is 13.0. The third-order valence-electron chi connectivity index (χ3n) is 6.77. The number of piperazine rings is 1. The molecule has 3 rings (SSSR count). The summed E-state index contributed by atoms with van der Waals surface area (Å²) in [6.45, 7) is 12.4. The number of amides is 3. The van der Waals surface area contributed by atoms with Crippen LogP contribution >= 0.6 is 0 Å². The monoisotopic (exact) mass is 420 g/mol. The summed E-state index contributed by atoms with van der Waals surface area (Å²) in [5.41, 5.74) is -0.363. The average molecular weight is 421 g/mol. The third kappa shape index (κ3) is 5.96. The van der Waals surface area contributed by atoms with Gasteiger partial charge in [-0.2, -0.15) is 0 Å². The van der Waals surface area contributed by atoms with Gasteiger partial charge in [0.25, 0.3) is 0 Å². The Morgan fingerprint density at radius 1 is 0.700 bits per heavy atom. The molecule has 0 saturated carbocycles. The number of carbonyl (C=O) groups is 3. The molecule has 0 aliphatic carbocycles. The molecule has 0 unspecified atom stereocenters. The molecule has 7 nitrogen and oxygen atoms in total. The smallest absolute Gasteiger partial charge is 0.236 e. The Balaban J connectivity index is 1.40. The van der Waals surface area contributed by atoms with Crippen molar-refractivity contribution in [1.29, 1.82) is 0 Å². The lowest BCUT2D eigenvalue weighted by Crippen LogP contribution is -2.54. The predicted octanol–water partition coefficient (Wildman–Crippen LogP) is 1.82. The lowest BCUT2D eigenvalue weighted by atomic mass is 9.90. The lowest BCUT2D eigenvalue weighted by molar-refractivity contribution is -0.146. The second-order valence-electron chi connectivity index (χ2n) is 10.2. The fourth-order valence-electron chi connectivity index (χ4n) is 4.80. The zero-order chi connectivity index (χ0) is 21.7. The van der Waals surface area contributed by atoms with E-state index in [1.165, 1.54) is 12.8 Å². The fourth-order valence-corrected chi connectivity index (χ4v) is 4.80. The van der Waals surface area contributed by atoms with E-state index in [0.29, 0.717) is 32.7 Å². The summed E-state index contributed by atoms with van der Waals surface area (Å²) in [7, 11) is 0. The van der Waals surface area contributed by atoms with Crippen LogP contribution < -0.4 is 0 Å². The van der Waals surface area contributed by atoms with Gasteiger partial charge in [0.1, 0.15) is 0 Å². The Morgan fingerprint density at radius 3 is 1.80 bits per heavy atom. The largest absolute Gasteiger partial charge is 0.342 e. The summed E-state index contributed by atoms with van der Waals surface area (Å²) in [6, 6.07) is 0. The van der Waals surface area contributed by atoms with Crippen LogP contribution in [0.3, 0.4) is 0 Å². The van der Waals surface area contributed by atoms with Gasteiger partial charge in [-0.1, -0.05) is 33.6 Å². The highest BCUT2D eigenvalue weighted by Gasteiger charge is 2.34. The molecular formula is C23H40N4O3. The second kappa shape index (κ2) is 10.1. The maximum absolute atomic E-state index is 13.0. The molecular weight excluding hydrogens is 380 g/mol. The first-order valence-electron chi connectivity index (χ1n) is 11.8. The molecule has 0 aromatic carbocycles. The van der Waals surface area contributed by atoms with E-state index in [1.807, 2.05) is 35.5 Å². The van der Waals surface area contributed by atoms with Crippen LogP contribution in [0.1, 0.15) is 59.3 Å². The van der Waals surface area contributed by atoms with Gasteiger partial charge in [0.2, 0.25) is 17.7 Å². The van der Waals surface area contributed by atoms with Crippen molar-refractivity contribution < 1.29 is 14.4 Å². The van der Waals surface area contributed by atoms with Crippen LogP contribution in [0.5, 0.6) is 0 Å². The first kappa shape index (κ1) is 23.0. The van der Waals surface area contributed by atoms with Crippen molar-refractivity contribution in [2.24, 2.45) is 11.3 Å². The zero-order valence-electron chi connectivity index (χ0n) is 19.2. The maximum Gasteiger partial charge on any atom is 0.236 e. The number of piperidine rings is 1. The normalized spacial score (nSPS) is 22.7. The third-order valence-corrected chi connectivity index (χ3v) is 6.77. The minimum absolute atomic E-state index is 0.0271. The van der Waals surface area contributed by atoms with Crippen molar-refractivity contribution in [3.8, 4) is 0 Å². The Labute approximate surface area is 181 Å². The van der Waals surface area contributed by atoms with Crippen molar-refractivity contribution in [1.82, 2.24) is 19.6 Å². The summed E-state index contributed by atoms with van der Waals surface area (Å²) in [6.07, 6.45) is 6.21.